The van der Waals surface area contributed by atoms with E-state index in [1.165, 1.54) is 16.6 Å². The number of likely N-dealkylation sites (N-methyl/N-ethyl adjacent to an activating group) is 1. The summed E-state index contributed by atoms with van der Waals surface area (Å²) in [5, 5.41) is 17.5. The molecule has 0 spiro atoms. The van der Waals surface area contributed by atoms with Crippen molar-refractivity contribution in [3.8, 4) is 0 Å². The van der Waals surface area contributed by atoms with E-state index < -0.39 is 0 Å². The largest absolute Gasteiger partial charge is 0.353 e. The van der Waals surface area contributed by atoms with Crippen molar-refractivity contribution in [2.24, 2.45) is 0 Å². The smallest absolute Gasteiger partial charge is 0.230 e. The number of hydrogen-bond donors (Lipinski definition) is 1. The van der Waals surface area contributed by atoms with Gasteiger partial charge in [0.15, 0.2) is 0 Å². The van der Waals surface area contributed by atoms with Crippen molar-refractivity contribution in [3.63, 3.8) is 0 Å². The lowest BCUT2D eigenvalue weighted by Crippen LogP contribution is -2.35. The van der Waals surface area contributed by atoms with Crippen LogP contribution in [0.5, 0.6) is 0 Å². The Kier molecular flexibility index (Phi) is 5.29. The first-order chi connectivity index (χ1) is 11.1. The molecule has 0 saturated heterocycles. The number of aromatic nitrogens is 4. The first-order valence-electron chi connectivity index (χ1n) is 7.52. The molecule has 3 rings (SSSR count). The molecule has 23 heavy (non-hydrogen) atoms. The molecule has 0 bridgehead atoms. The SMILES string of the molecule is CN(C)C(CNC(=O)CSc1nnnn1C1CC1)c1cccs1. The summed E-state index contributed by atoms with van der Waals surface area (Å²) in [7, 11) is 4.05. The van der Waals surface area contributed by atoms with Crippen LogP contribution in [0.4, 0.5) is 0 Å². The molecule has 0 radical (unpaired) electrons. The molecule has 1 atom stereocenters. The van der Waals surface area contributed by atoms with E-state index in [2.05, 4.69) is 37.2 Å². The number of nitrogens with one attached hydrogen (secondary N) is 1. The fraction of sp³-hybridized carbons (Fsp3) is 0.571. The highest BCUT2D eigenvalue weighted by Crippen LogP contribution is 2.36. The lowest BCUT2D eigenvalue weighted by molar-refractivity contribution is -0.118. The Hall–Kier alpha value is -1.45. The summed E-state index contributed by atoms with van der Waals surface area (Å²) in [6, 6.07) is 4.75. The van der Waals surface area contributed by atoms with Crippen LogP contribution in [0.3, 0.4) is 0 Å². The van der Waals surface area contributed by atoms with Crippen LogP contribution in [0.15, 0.2) is 22.7 Å². The van der Waals surface area contributed by atoms with Crippen molar-refractivity contribution < 1.29 is 4.79 Å². The van der Waals surface area contributed by atoms with Gasteiger partial charge in [0.05, 0.1) is 17.8 Å². The third-order valence-corrected chi connectivity index (χ3v) is 5.58. The maximum atomic E-state index is 12.1. The van der Waals surface area contributed by atoms with E-state index in [9.17, 15) is 4.79 Å². The van der Waals surface area contributed by atoms with Gasteiger partial charge in [0.2, 0.25) is 11.1 Å². The molecule has 0 aromatic carbocycles. The molecule has 2 aromatic heterocycles. The van der Waals surface area contributed by atoms with Gasteiger partial charge in [-0.05, 0) is 48.8 Å². The number of tetrazole rings is 1. The molecule has 1 N–H and O–H groups in total. The van der Waals surface area contributed by atoms with Crippen LogP contribution in [-0.2, 0) is 4.79 Å². The summed E-state index contributed by atoms with van der Waals surface area (Å²) >= 11 is 3.10. The minimum absolute atomic E-state index is 0.00348. The molecule has 1 aliphatic rings. The minimum Gasteiger partial charge on any atom is -0.353 e. The molecule has 1 aliphatic carbocycles. The predicted octanol–water partition coefficient (Wildman–Crippen LogP) is 1.58. The van der Waals surface area contributed by atoms with Gasteiger partial charge in [0.1, 0.15) is 0 Å². The summed E-state index contributed by atoms with van der Waals surface area (Å²) in [6.07, 6.45) is 2.24. The number of carbonyl (C=O) groups is 1. The van der Waals surface area contributed by atoms with Crippen LogP contribution >= 0.6 is 23.1 Å². The average molecular weight is 352 g/mol. The Morgan fingerprint density at radius 2 is 2.39 bits per heavy atom. The molecular formula is C14H20N6OS2. The highest BCUT2D eigenvalue weighted by molar-refractivity contribution is 7.99. The number of thiophene rings is 1. The fourth-order valence-corrected chi connectivity index (χ4v) is 3.94. The van der Waals surface area contributed by atoms with Gasteiger partial charge in [-0.25, -0.2) is 4.68 Å². The van der Waals surface area contributed by atoms with Crippen LogP contribution in [0, 0.1) is 0 Å². The molecule has 9 heteroatoms. The van der Waals surface area contributed by atoms with Crippen molar-refractivity contribution in [2.75, 3.05) is 26.4 Å². The third-order valence-electron chi connectivity index (χ3n) is 3.68. The third kappa shape index (κ3) is 4.30. The number of hydrogen-bond acceptors (Lipinski definition) is 7. The summed E-state index contributed by atoms with van der Waals surface area (Å²) in [5.41, 5.74) is 0. The molecule has 1 fully saturated rings. The molecule has 0 aliphatic heterocycles. The topological polar surface area (TPSA) is 75.9 Å². The molecule has 2 heterocycles. The lowest BCUT2D eigenvalue weighted by Gasteiger charge is -2.23. The van der Waals surface area contributed by atoms with Gasteiger partial charge in [-0.3, -0.25) is 4.79 Å². The van der Waals surface area contributed by atoms with Crippen LogP contribution in [-0.4, -0.2) is 57.4 Å². The van der Waals surface area contributed by atoms with E-state index in [1.54, 1.807) is 11.3 Å². The predicted molar refractivity (Wildman–Crippen MR) is 90.6 cm³/mol. The van der Waals surface area contributed by atoms with E-state index >= 15 is 0 Å². The first-order valence-corrected chi connectivity index (χ1v) is 9.39. The van der Waals surface area contributed by atoms with Gasteiger partial charge in [0.25, 0.3) is 0 Å². The van der Waals surface area contributed by atoms with E-state index in [4.69, 9.17) is 0 Å². The second-order valence-electron chi connectivity index (χ2n) is 5.72. The fourth-order valence-electron chi connectivity index (χ4n) is 2.24. The van der Waals surface area contributed by atoms with Crippen LogP contribution in [0.1, 0.15) is 29.8 Å². The summed E-state index contributed by atoms with van der Waals surface area (Å²) < 4.78 is 1.83. The van der Waals surface area contributed by atoms with Gasteiger partial charge in [-0.1, -0.05) is 17.8 Å². The van der Waals surface area contributed by atoms with Crippen molar-refractivity contribution in [2.45, 2.75) is 30.1 Å². The Morgan fingerprint density at radius 1 is 1.57 bits per heavy atom. The molecule has 1 amide bonds. The van der Waals surface area contributed by atoms with Gasteiger partial charge in [-0.2, -0.15) is 0 Å². The number of carbonyl (C=O) groups excluding carboxylic acids is 1. The minimum atomic E-state index is 0.00348. The normalized spacial score (nSPS) is 15.8. The Labute approximate surface area is 143 Å². The highest BCUT2D eigenvalue weighted by Gasteiger charge is 2.28. The van der Waals surface area contributed by atoms with Crippen molar-refractivity contribution >= 4 is 29.0 Å². The average Bonchev–Trinajstić information content (AvgIpc) is 3.03. The van der Waals surface area contributed by atoms with Crippen LogP contribution in [0.25, 0.3) is 0 Å². The Balaban J connectivity index is 1.48. The van der Waals surface area contributed by atoms with E-state index in [-0.39, 0.29) is 11.9 Å². The van der Waals surface area contributed by atoms with E-state index in [0.29, 0.717) is 18.3 Å². The number of nitrogens with zero attached hydrogens (tertiary/aromatic N) is 5. The van der Waals surface area contributed by atoms with Crippen molar-refractivity contribution in [1.82, 2.24) is 30.4 Å². The number of amides is 1. The van der Waals surface area contributed by atoms with Crippen LogP contribution < -0.4 is 5.32 Å². The van der Waals surface area contributed by atoms with Gasteiger partial charge in [0, 0.05) is 11.4 Å². The zero-order chi connectivity index (χ0) is 16.2. The molecule has 2 aromatic rings. The summed E-state index contributed by atoms with van der Waals surface area (Å²) in [5.74, 6) is 0.335. The van der Waals surface area contributed by atoms with Gasteiger partial charge >= 0.3 is 0 Å². The summed E-state index contributed by atoms with van der Waals surface area (Å²) in [4.78, 5) is 15.5. The monoisotopic (exact) mass is 352 g/mol. The lowest BCUT2D eigenvalue weighted by atomic mass is 10.2. The first kappa shape index (κ1) is 16.4. The molecule has 1 saturated carbocycles. The van der Waals surface area contributed by atoms with Gasteiger partial charge < -0.3 is 10.2 Å². The Bertz CT molecular complexity index is 637. The zero-order valence-corrected chi connectivity index (χ0v) is 14.8. The molecule has 124 valence electrons. The number of thioether (sulfide) groups is 1. The second-order valence-corrected chi connectivity index (χ2v) is 7.65. The van der Waals surface area contributed by atoms with E-state index in [1.807, 2.05) is 24.8 Å². The zero-order valence-electron chi connectivity index (χ0n) is 13.2. The highest BCUT2D eigenvalue weighted by atomic mass is 32.2. The standard InChI is InChI=1S/C14H20N6OS2/c1-19(2)11(12-4-3-7-22-12)8-15-13(21)9-23-14-16-17-18-20(14)10-5-6-10/h3-4,7,10-11H,5-6,8-9H2,1-2H3,(H,15,21). The maximum Gasteiger partial charge on any atom is 0.230 e. The Morgan fingerprint density at radius 3 is 3.04 bits per heavy atom. The quantitative estimate of drug-likeness (QED) is 0.727. The number of rotatable bonds is 8. The van der Waals surface area contributed by atoms with Crippen molar-refractivity contribution in [1.29, 1.82) is 0 Å². The van der Waals surface area contributed by atoms with Crippen LogP contribution in [0.2, 0.25) is 0 Å². The second kappa shape index (κ2) is 7.41. The maximum absolute atomic E-state index is 12.1. The van der Waals surface area contributed by atoms with E-state index in [0.717, 1.165) is 18.0 Å². The summed E-state index contributed by atoms with van der Waals surface area (Å²) in [6.45, 7) is 0.598. The molecule has 7 nitrogen and oxygen atoms in total. The molecule has 1 unspecified atom stereocenters. The van der Waals surface area contributed by atoms with Gasteiger partial charge in [-0.15, -0.1) is 16.4 Å². The van der Waals surface area contributed by atoms with Crippen molar-refractivity contribution in [3.05, 3.63) is 22.4 Å². The molecular weight excluding hydrogens is 332 g/mol.